The van der Waals surface area contributed by atoms with Crippen LogP contribution < -0.4 is 9.46 Å². The third-order valence-electron chi connectivity index (χ3n) is 4.17. The summed E-state index contributed by atoms with van der Waals surface area (Å²) >= 11 is 0. The molecule has 114 valence electrons. The maximum atomic E-state index is 12.6. The van der Waals surface area contributed by atoms with Crippen LogP contribution in [0.25, 0.3) is 0 Å². The molecule has 1 aromatic carbocycles. The highest BCUT2D eigenvalue weighted by atomic mass is 32.2. The van der Waals surface area contributed by atoms with Crippen LogP contribution in [0.1, 0.15) is 38.2 Å². The summed E-state index contributed by atoms with van der Waals surface area (Å²) in [6, 6.07) is 5.15. The van der Waals surface area contributed by atoms with E-state index in [1.54, 1.807) is 18.2 Å². The maximum Gasteiger partial charge on any atom is 0.241 e. The molecule has 0 aromatic heterocycles. The molecule has 1 unspecified atom stereocenters. The Hall–Kier alpha value is -1.33. The van der Waals surface area contributed by atoms with Crippen molar-refractivity contribution in [2.45, 2.75) is 49.5 Å². The fourth-order valence-electron chi connectivity index (χ4n) is 2.95. The lowest BCUT2D eigenvalue weighted by Crippen LogP contribution is -2.46. The Morgan fingerprint density at radius 2 is 2.14 bits per heavy atom. The zero-order valence-electron chi connectivity index (χ0n) is 12.3. The first-order valence-corrected chi connectivity index (χ1v) is 8.92. The van der Waals surface area contributed by atoms with Crippen molar-refractivity contribution in [3.8, 4) is 5.75 Å². The van der Waals surface area contributed by atoms with Crippen LogP contribution in [0.2, 0.25) is 0 Å². The number of nitrogens with one attached hydrogen (secondary N) is 1. The van der Waals surface area contributed by atoms with Crippen LogP contribution in [0.3, 0.4) is 0 Å². The number of allylic oxidation sites excluding steroid dienone is 1. The van der Waals surface area contributed by atoms with Crippen molar-refractivity contribution in [2.24, 2.45) is 0 Å². The van der Waals surface area contributed by atoms with E-state index < -0.39 is 10.0 Å². The maximum absolute atomic E-state index is 12.6. The molecular formula is C16H21NO3S. The molecular weight excluding hydrogens is 286 g/mol. The zero-order valence-corrected chi connectivity index (χ0v) is 13.1. The van der Waals surface area contributed by atoms with Crippen molar-refractivity contribution < 1.29 is 13.2 Å². The predicted molar refractivity (Wildman–Crippen MR) is 82.0 cm³/mol. The molecule has 21 heavy (non-hydrogen) atoms. The third kappa shape index (κ3) is 3.14. The van der Waals surface area contributed by atoms with Crippen LogP contribution in [-0.4, -0.2) is 20.6 Å². The number of ether oxygens (including phenoxy) is 1. The summed E-state index contributed by atoms with van der Waals surface area (Å²) in [5.41, 5.74) is 0.595. The van der Waals surface area contributed by atoms with E-state index in [9.17, 15) is 8.42 Å². The quantitative estimate of drug-likeness (QED) is 0.874. The highest BCUT2D eigenvalue weighted by Gasteiger charge is 2.31. The first-order valence-electron chi connectivity index (χ1n) is 7.43. The van der Waals surface area contributed by atoms with E-state index in [2.05, 4.69) is 10.8 Å². The molecule has 0 amide bonds. The molecule has 0 saturated heterocycles. The van der Waals surface area contributed by atoms with Gasteiger partial charge in [0.25, 0.3) is 0 Å². The minimum absolute atomic E-state index is 0.336. The monoisotopic (exact) mass is 307 g/mol. The highest BCUT2D eigenvalue weighted by Crippen LogP contribution is 2.29. The standard InChI is InChI=1S/C16H21NO3S/c1-16(9-3-2-4-10-16)17-21(18,19)14-7-8-15-13(12-14)6-5-11-20-15/h2-3,7-8,12,17H,4-6,9-11H2,1H3. The van der Waals surface area contributed by atoms with Crippen molar-refractivity contribution in [1.82, 2.24) is 4.72 Å². The molecule has 0 spiro atoms. The van der Waals surface area contributed by atoms with Crippen molar-refractivity contribution in [3.05, 3.63) is 35.9 Å². The number of sulfonamides is 1. The van der Waals surface area contributed by atoms with Gasteiger partial charge in [-0.1, -0.05) is 12.2 Å². The molecule has 1 aliphatic heterocycles. The van der Waals surface area contributed by atoms with Gasteiger partial charge in [0, 0.05) is 5.54 Å². The van der Waals surface area contributed by atoms with E-state index in [4.69, 9.17) is 4.74 Å². The van der Waals surface area contributed by atoms with E-state index in [-0.39, 0.29) is 5.54 Å². The highest BCUT2D eigenvalue weighted by molar-refractivity contribution is 7.89. The minimum Gasteiger partial charge on any atom is -0.493 e. The number of fused-ring (bicyclic) bond motifs is 1. The number of hydrogen-bond acceptors (Lipinski definition) is 3. The first-order chi connectivity index (χ1) is 9.99. The van der Waals surface area contributed by atoms with Gasteiger partial charge >= 0.3 is 0 Å². The van der Waals surface area contributed by atoms with E-state index in [0.29, 0.717) is 11.5 Å². The van der Waals surface area contributed by atoms with E-state index in [1.165, 1.54) is 0 Å². The van der Waals surface area contributed by atoms with E-state index in [0.717, 1.165) is 43.4 Å². The van der Waals surface area contributed by atoms with Crippen LogP contribution in [0, 0.1) is 0 Å². The number of aryl methyl sites for hydroxylation is 1. The molecule has 0 radical (unpaired) electrons. The molecule has 4 nitrogen and oxygen atoms in total. The number of benzene rings is 1. The Bertz CT molecular complexity index is 666. The predicted octanol–water partition coefficient (Wildman–Crippen LogP) is 2.79. The van der Waals surface area contributed by atoms with Gasteiger partial charge in [-0.05, 0) is 62.8 Å². The topological polar surface area (TPSA) is 55.4 Å². The van der Waals surface area contributed by atoms with Crippen molar-refractivity contribution >= 4 is 10.0 Å². The van der Waals surface area contributed by atoms with Gasteiger partial charge in [-0.25, -0.2) is 13.1 Å². The van der Waals surface area contributed by atoms with Gasteiger partial charge in [-0.15, -0.1) is 0 Å². The van der Waals surface area contributed by atoms with Crippen LogP contribution in [0.4, 0.5) is 0 Å². The second kappa shape index (κ2) is 5.46. The fraction of sp³-hybridized carbons (Fsp3) is 0.500. The molecule has 0 saturated carbocycles. The van der Waals surface area contributed by atoms with Crippen LogP contribution in [-0.2, 0) is 16.4 Å². The van der Waals surface area contributed by atoms with Crippen molar-refractivity contribution in [1.29, 1.82) is 0 Å². The minimum atomic E-state index is -3.49. The Labute approximate surface area is 126 Å². The van der Waals surface area contributed by atoms with Gasteiger partial charge in [0.1, 0.15) is 5.75 Å². The lowest BCUT2D eigenvalue weighted by Gasteiger charge is -2.31. The van der Waals surface area contributed by atoms with Crippen LogP contribution in [0.5, 0.6) is 5.75 Å². The summed E-state index contributed by atoms with van der Waals surface area (Å²) in [6.07, 6.45) is 8.44. The second-order valence-corrected chi connectivity index (χ2v) is 7.78. The molecule has 1 aliphatic carbocycles. The second-order valence-electron chi connectivity index (χ2n) is 6.10. The first kappa shape index (κ1) is 14.6. The number of rotatable bonds is 3. The normalized spacial score (nSPS) is 25.2. The fourth-order valence-corrected chi connectivity index (χ4v) is 4.44. The molecule has 1 atom stereocenters. The van der Waals surface area contributed by atoms with Gasteiger partial charge in [0.15, 0.2) is 0 Å². The van der Waals surface area contributed by atoms with E-state index >= 15 is 0 Å². The molecule has 1 heterocycles. The summed E-state index contributed by atoms with van der Waals surface area (Å²) in [4.78, 5) is 0.336. The smallest absolute Gasteiger partial charge is 0.241 e. The zero-order chi connectivity index (χ0) is 14.9. The lowest BCUT2D eigenvalue weighted by atomic mass is 9.89. The van der Waals surface area contributed by atoms with Crippen LogP contribution in [0.15, 0.2) is 35.2 Å². The summed E-state index contributed by atoms with van der Waals surface area (Å²) in [5.74, 6) is 0.812. The summed E-state index contributed by atoms with van der Waals surface area (Å²) in [6.45, 7) is 2.68. The Morgan fingerprint density at radius 1 is 1.29 bits per heavy atom. The SMILES string of the molecule is CC1(NS(=O)(=O)c2ccc3c(c2)CCCO3)CC=CCC1. The molecule has 0 fully saturated rings. The average molecular weight is 307 g/mol. The molecule has 0 bridgehead atoms. The van der Waals surface area contributed by atoms with Gasteiger partial charge in [0.05, 0.1) is 11.5 Å². The van der Waals surface area contributed by atoms with Crippen molar-refractivity contribution in [3.63, 3.8) is 0 Å². The molecule has 1 aromatic rings. The third-order valence-corrected chi connectivity index (χ3v) is 5.80. The Balaban J connectivity index is 1.86. The molecule has 1 N–H and O–H groups in total. The Kier molecular flexibility index (Phi) is 3.80. The average Bonchev–Trinajstić information content (AvgIpc) is 2.46. The van der Waals surface area contributed by atoms with Crippen LogP contribution >= 0.6 is 0 Å². The van der Waals surface area contributed by atoms with E-state index in [1.807, 2.05) is 13.0 Å². The molecule has 5 heteroatoms. The van der Waals surface area contributed by atoms with Gasteiger partial charge in [-0.2, -0.15) is 0 Å². The summed E-state index contributed by atoms with van der Waals surface area (Å²) < 4.78 is 33.6. The largest absolute Gasteiger partial charge is 0.493 e. The van der Waals surface area contributed by atoms with Crippen molar-refractivity contribution in [2.75, 3.05) is 6.61 Å². The number of hydrogen-bond donors (Lipinski definition) is 1. The molecule has 2 aliphatic rings. The Morgan fingerprint density at radius 3 is 2.90 bits per heavy atom. The summed E-state index contributed by atoms with van der Waals surface area (Å²) in [5, 5.41) is 0. The molecule has 3 rings (SSSR count). The summed E-state index contributed by atoms with van der Waals surface area (Å²) in [7, 11) is -3.49. The van der Waals surface area contributed by atoms with Gasteiger partial charge in [0.2, 0.25) is 10.0 Å². The van der Waals surface area contributed by atoms with Gasteiger partial charge in [-0.3, -0.25) is 0 Å². The lowest BCUT2D eigenvalue weighted by molar-refractivity contribution is 0.288. The van der Waals surface area contributed by atoms with Gasteiger partial charge < -0.3 is 4.74 Å².